The third kappa shape index (κ3) is 2.35. The molecular formula is C19H21ClN2. The fourth-order valence-corrected chi connectivity index (χ4v) is 4.29. The molecule has 1 aliphatic carbocycles. The van der Waals surface area contributed by atoms with E-state index in [2.05, 4.69) is 48.2 Å². The van der Waals surface area contributed by atoms with Gasteiger partial charge in [0.2, 0.25) is 0 Å². The lowest BCUT2D eigenvalue weighted by atomic mass is 9.88. The molecular weight excluding hydrogens is 292 g/mol. The van der Waals surface area contributed by atoms with Gasteiger partial charge in [-0.15, -0.1) is 0 Å². The zero-order valence-electron chi connectivity index (χ0n) is 12.9. The highest BCUT2D eigenvalue weighted by molar-refractivity contribution is 6.29. The van der Waals surface area contributed by atoms with Gasteiger partial charge in [-0.25, -0.2) is 4.98 Å². The van der Waals surface area contributed by atoms with Crippen LogP contribution < -0.4 is 0 Å². The highest BCUT2D eigenvalue weighted by atomic mass is 35.5. The van der Waals surface area contributed by atoms with E-state index in [-0.39, 0.29) is 5.41 Å². The van der Waals surface area contributed by atoms with E-state index >= 15 is 0 Å². The smallest absolute Gasteiger partial charge is 0.129 e. The lowest BCUT2D eigenvalue weighted by molar-refractivity contribution is 0.202. The average Bonchev–Trinajstić information content (AvgIpc) is 3.23. The number of fused-ring (bicyclic) bond motifs is 2. The van der Waals surface area contributed by atoms with Crippen molar-refractivity contribution in [2.45, 2.75) is 38.3 Å². The molecule has 0 bridgehead atoms. The van der Waals surface area contributed by atoms with Crippen molar-refractivity contribution < 1.29 is 0 Å². The lowest BCUT2D eigenvalue weighted by Crippen LogP contribution is -2.39. The molecule has 0 radical (unpaired) electrons. The Morgan fingerprint density at radius 3 is 2.77 bits per heavy atom. The van der Waals surface area contributed by atoms with Crippen molar-refractivity contribution in [2.24, 2.45) is 5.92 Å². The first-order chi connectivity index (χ1) is 10.7. The Labute approximate surface area is 137 Å². The van der Waals surface area contributed by atoms with Gasteiger partial charge < -0.3 is 0 Å². The minimum absolute atomic E-state index is 0.252. The third-order valence-electron chi connectivity index (χ3n) is 5.29. The Kier molecular flexibility index (Phi) is 3.47. The van der Waals surface area contributed by atoms with Crippen LogP contribution in [0.15, 0.2) is 42.5 Å². The number of benzene rings is 1. The molecule has 114 valence electrons. The standard InChI is InChI=1S/C19H21ClN2/c1-2-16-10-19(16)13-22(11-14-6-4-3-5-7-14)12-15-8-9-17(20)21-18(15)19/h3-9,16H,2,10-13H2,1H3/t16-,19?/m0/s1. The summed E-state index contributed by atoms with van der Waals surface area (Å²) in [5, 5.41) is 0.636. The minimum atomic E-state index is 0.252. The summed E-state index contributed by atoms with van der Waals surface area (Å²) < 4.78 is 0. The van der Waals surface area contributed by atoms with Crippen molar-refractivity contribution in [3.63, 3.8) is 0 Å². The summed E-state index contributed by atoms with van der Waals surface area (Å²) in [6.45, 7) is 5.40. The van der Waals surface area contributed by atoms with Gasteiger partial charge in [-0.05, 0) is 29.5 Å². The summed E-state index contributed by atoms with van der Waals surface area (Å²) in [4.78, 5) is 7.28. The Morgan fingerprint density at radius 2 is 2.05 bits per heavy atom. The van der Waals surface area contributed by atoms with E-state index in [1.807, 2.05) is 6.07 Å². The molecule has 22 heavy (non-hydrogen) atoms. The van der Waals surface area contributed by atoms with Crippen molar-refractivity contribution in [1.82, 2.24) is 9.88 Å². The molecule has 0 N–H and O–H groups in total. The van der Waals surface area contributed by atoms with Crippen molar-refractivity contribution in [1.29, 1.82) is 0 Å². The summed E-state index contributed by atoms with van der Waals surface area (Å²) in [7, 11) is 0. The van der Waals surface area contributed by atoms with Gasteiger partial charge in [0.25, 0.3) is 0 Å². The highest BCUT2D eigenvalue weighted by Gasteiger charge is 2.58. The Morgan fingerprint density at radius 1 is 1.23 bits per heavy atom. The van der Waals surface area contributed by atoms with Crippen LogP contribution in [-0.2, 0) is 18.5 Å². The summed E-state index contributed by atoms with van der Waals surface area (Å²) in [5.74, 6) is 0.760. The quantitative estimate of drug-likeness (QED) is 0.780. The van der Waals surface area contributed by atoms with E-state index in [1.165, 1.54) is 29.7 Å². The molecule has 2 nitrogen and oxygen atoms in total. The summed E-state index contributed by atoms with van der Waals surface area (Å²) in [6.07, 6.45) is 2.49. The van der Waals surface area contributed by atoms with Crippen LogP contribution in [0.5, 0.6) is 0 Å². The molecule has 0 saturated heterocycles. The van der Waals surface area contributed by atoms with Crippen molar-refractivity contribution in [2.75, 3.05) is 6.54 Å². The van der Waals surface area contributed by atoms with E-state index in [9.17, 15) is 0 Å². The second-order valence-corrected chi connectivity index (χ2v) is 7.13. The Hall–Kier alpha value is -1.38. The highest BCUT2D eigenvalue weighted by Crippen LogP contribution is 2.58. The number of nitrogens with zero attached hydrogens (tertiary/aromatic N) is 2. The number of rotatable bonds is 3. The predicted molar refractivity (Wildman–Crippen MR) is 89.9 cm³/mol. The molecule has 1 unspecified atom stereocenters. The topological polar surface area (TPSA) is 16.1 Å². The van der Waals surface area contributed by atoms with Gasteiger partial charge in [0.15, 0.2) is 0 Å². The normalized spacial score (nSPS) is 26.9. The average molecular weight is 313 g/mol. The van der Waals surface area contributed by atoms with Crippen molar-refractivity contribution in [3.8, 4) is 0 Å². The molecule has 2 atom stereocenters. The summed E-state index contributed by atoms with van der Waals surface area (Å²) in [5.41, 5.74) is 4.28. The first-order valence-corrected chi connectivity index (χ1v) is 8.51. The van der Waals surface area contributed by atoms with Crippen LogP contribution in [0.1, 0.15) is 36.6 Å². The van der Waals surface area contributed by atoms with Crippen molar-refractivity contribution >= 4 is 11.6 Å². The van der Waals surface area contributed by atoms with Crippen LogP contribution in [0.2, 0.25) is 5.15 Å². The van der Waals surface area contributed by atoms with E-state index in [0.717, 1.165) is 25.6 Å². The summed E-state index contributed by atoms with van der Waals surface area (Å²) >= 11 is 6.16. The fraction of sp³-hybridized carbons (Fsp3) is 0.421. The Balaban J connectivity index is 1.65. The fourth-order valence-electron chi connectivity index (χ4n) is 4.15. The predicted octanol–water partition coefficient (Wildman–Crippen LogP) is 4.42. The van der Waals surface area contributed by atoms with E-state index in [0.29, 0.717) is 5.15 Å². The van der Waals surface area contributed by atoms with Crippen LogP contribution in [0.4, 0.5) is 0 Å². The zero-order valence-corrected chi connectivity index (χ0v) is 13.7. The van der Waals surface area contributed by atoms with Gasteiger partial charge in [0.05, 0.1) is 5.69 Å². The lowest BCUT2D eigenvalue weighted by Gasteiger charge is -2.35. The summed E-state index contributed by atoms with van der Waals surface area (Å²) in [6, 6.07) is 14.9. The first-order valence-electron chi connectivity index (χ1n) is 8.13. The van der Waals surface area contributed by atoms with Gasteiger partial charge in [-0.1, -0.05) is 61.3 Å². The number of hydrogen-bond acceptors (Lipinski definition) is 2. The molecule has 2 aromatic rings. The maximum absolute atomic E-state index is 6.16. The molecule has 1 saturated carbocycles. The molecule has 4 rings (SSSR count). The maximum atomic E-state index is 6.16. The molecule has 1 aliphatic heterocycles. The molecule has 0 amide bonds. The van der Waals surface area contributed by atoms with Crippen LogP contribution in [0, 0.1) is 5.92 Å². The minimum Gasteiger partial charge on any atom is -0.294 e. The second-order valence-electron chi connectivity index (χ2n) is 6.74. The molecule has 2 heterocycles. The third-order valence-corrected chi connectivity index (χ3v) is 5.50. The van der Waals surface area contributed by atoms with Gasteiger partial charge in [0.1, 0.15) is 5.15 Å². The van der Waals surface area contributed by atoms with Crippen LogP contribution in [-0.4, -0.2) is 16.4 Å². The second kappa shape index (κ2) is 5.36. The molecule has 1 aromatic carbocycles. The van der Waals surface area contributed by atoms with E-state index < -0.39 is 0 Å². The molecule has 2 aliphatic rings. The number of hydrogen-bond donors (Lipinski definition) is 0. The van der Waals surface area contributed by atoms with Gasteiger partial charge in [-0.2, -0.15) is 0 Å². The largest absolute Gasteiger partial charge is 0.294 e. The van der Waals surface area contributed by atoms with Crippen LogP contribution in [0.3, 0.4) is 0 Å². The van der Waals surface area contributed by atoms with Crippen LogP contribution in [0.25, 0.3) is 0 Å². The van der Waals surface area contributed by atoms with Gasteiger partial charge in [0, 0.05) is 25.0 Å². The van der Waals surface area contributed by atoms with Gasteiger partial charge in [-0.3, -0.25) is 4.90 Å². The number of aromatic nitrogens is 1. The monoisotopic (exact) mass is 312 g/mol. The molecule has 1 fully saturated rings. The number of halogens is 1. The molecule has 3 heteroatoms. The van der Waals surface area contributed by atoms with E-state index in [4.69, 9.17) is 16.6 Å². The van der Waals surface area contributed by atoms with Crippen LogP contribution >= 0.6 is 11.6 Å². The molecule has 1 aromatic heterocycles. The van der Waals surface area contributed by atoms with E-state index in [1.54, 1.807) is 0 Å². The molecule has 1 spiro atoms. The number of pyridine rings is 1. The Bertz CT molecular complexity index is 685. The maximum Gasteiger partial charge on any atom is 0.129 e. The SMILES string of the molecule is CC[C@H]1CC12CN(Cc1ccccc1)Cc1ccc(Cl)nc12. The first kappa shape index (κ1) is 14.2. The van der Waals surface area contributed by atoms with Gasteiger partial charge >= 0.3 is 0 Å². The zero-order chi connectivity index (χ0) is 15.2. The van der Waals surface area contributed by atoms with Crippen molar-refractivity contribution in [3.05, 3.63) is 64.4 Å².